The van der Waals surface area contributed by atoms with Crippen molar-refractivity contribution in [3.8, 4) is 22.8 Å². The highest BCUT2D eigenvalue weighted by Gasteiger charge is 2.46. The Kier molecular flexibility index (Phi) is 7.56. The molecule has 1 amide bonds. The van der Waals surface area contributed by atoms with Crippen molar-refractivity contribution in [1.82, 2.24) is 20.4 Å². The van der Waals surface area contributed by atoms with Crippen LogP contribution in [0.1, 0.15) is 34.4 Å². The number of alkyl halides is 3. The lowest BCUT2D eigenvalue weighted by Crippen LogP contribution is -2.56. The molecule has 2 aromatic carbocycles. The largest absolute Gasteiger partial charge is 0.493 e. The smallest absolute Gasteiger partial charge is 0.410 e. The quantitative estimate of drug-likeness (QED) is 0.433. The second kappa shape index (κ2) is 10.5. The Labute approximate surface area is 217 Å². The Morgan fingerprint density at radius 2 is 1.76 bits per heavy atom. The number of ether oxygens (including phenoxy) is 2. The van der Waals surface area contributed by atoms with Gasteiger partial charge in [0, 0.05) is 36.7 Å². The normalized spacial score (nSPS) is 19.1. The van der Waals surface area contributed by atoms with Gasteiger partial charge in [-0.2, -0.15) is 18.3 Å². The fraction of sp³-hybridized carbons (Fsp3) is 0.360. The second-order valence-corrected chi connectivity index (χ2v) is 8.87. The molecule has 2 aliphatic heterocycles. The van der Waals surface area contributed by atoms with Gasteiger partial charge in [-0.3, -0.25) is 4.79 Å². The summed E-state index contributed by atoms with van der Waals surface area (Å²) in [6, 6.07) is 11.1. The number of methoxy groups -OCH3 is 2. The molecule has 1 aromatic heterocycles. The Hall–Kier alpha value is -3.44. The van der Waals surface area contributed by atoms with Crippen LogP contribution in [0, 0.1) is 0 Å². The van der Waals surface area contributed by atoms with E-state index in [-0.39, 0.29) is 36.6 Å². The third-order valence-corrected chi connectivity index (χ3v) is 6.56. The molecule has 0 radical (unpaired) electrons. The van der Waals surface area contributed by atoms with E-state index in [0.29, 0.717) is 33.9 Å². The third-order valence-electron chi connectivity index (χ3n) is 6.56. The number of nitrogens with zero attached hydrogens (tertiary/aromatic N) is 2. The SMILES string of the molecule is COc1ccc([C@@H]2C[C@H](C(F)(F)F)n3nc(-c4ccc(C(=O)NC5CNC5)cc4)cc3N2)cc1OC.Cl. The molecule has 3 heterocycles. The van der Waals surface area contributed by atoms with E-state index in [0.717, 1.165) is 17.8 Å². The van der Waals surface area contributed by atoms with Gasteiger partial charge in [-0.05, 0) is 29.8 Å². The topological polar surface area (TPSA) is 89.4 Å². The average molecular weight is 538 g/mol. The molecule has 3 aromatic rings. The Balaban J connectivity index is 0.00000320. The first kappa shape index (κ1) is 26.6. The fourth-order valence-corrected chi connectivity index (χ4v) is 4.45. The lowest BCUT2D eigenvalue weighted by Gasteiger charge is -2.33. The lowest BCUT2D eigenvalue weighted by atomic mass is 9.96. The number of hydrogen-bond acceptors (Lipinski definition) is 6. The molecule has 2 aliphatic rings. The van der Waals surface area contributed by atoms with Crippen LogP contribution in [0.25, 0.3) is 11.3 Å². The number of aromatic nitrogens is 2. The summed E-state index contributed by atoms with van der Waals surface area (Å²) in [6.45, 7) is 1.48. The number of nitrogens with one attached hydrogen (secondary N) is 3. The van der Waals surface area contributed by atoms with Gasteiger partial charge in [-0.25, -0.2) is 4.68 Å². The van der Waals surface area contributed by atoms with Gasteiger partial charge in [0.05, 0.1) is 32.0 Å². The number of rotatable bonds is 6. The van der Waals surface area contributed by atoms with Crippen LogP contribution < -0.4 is 25.4 Å². The Bertz CT molecular complexity index is 1260. The predicted molar refractivity (Wildman–Crippen MR) is 135 cm³/mol. The maximum Gasteiger partial charge on any atom is 0.410 e. The molecular formula is C25H27ClF3N5O3. The van der Waals surface area contributed by atoms with Crippen LogP contribution in [0.15, 0.2) is 48.5 Å². The number of benzene rings is 2. The van der Waals surface area contributed by atoms with Crippen molar-refractivity contribution in [1.29, 1.82) is 0 Å². The van der Waals surface area contributed by atoms with Crippen LogP contribution in [-0.4, -0.2) is 55.2 Å². The van der Waals surface area contributed by atoms with Crippen LogP contribution in [0.2, 0.25) is 0 Å². The number of carbonyl (C=O) groups excluding carboxylic acids is 1. The summed E-state index contributed by atoms with van der Waals surface area (Å²) in [5.74, 6) is 1.02. The Morgan fingerprint density at radius 1 is 1.05 bits per heavy atom. The van der Waals surface area contributed by atoms with E-state index >= 15 is 0 Å². The third kappa shape index (κ3) is 5.33. The lowest BCUT2D eigenvalue weighted by molar-refractivity contribution is -0.173. The molecule has 1 saturated heterocycles. The highest BCUT2D eigenvalue weighted by molar-refractivity contribution is 5.95. The summed E-state index contributed by atoms with van der Waals surface area (Å²) < 4.78 is 53.8. The zero-order valence-corrected chi connectivity index (χ0v) is 20.9. The molecule has 0 unspecified atom stereocenters. The molecule has 5 rings (SSSR count). The molecule has 8 nitrogen and oxygen atoms in total. The van der Waals surface area contributed by atoms with Crippen LogP contribution >= 0.6 is 12.4 Å². The minimum Gasteiger partial charge on any atom is -0.493 e. The molecule has 12 heteroatoms. The standard InChI is InChI=1S/C25H26F3N5O3.ClH/c1-35-20-8-7-16(9-21(20)36-2)18-10-22(25(26,27)28)33-23(31-18)11-19(32-33)14-3-5-15(6-4-14)24(34)30-17-12-29-13-17;/h3-9,11,17-18,22,29,31H,10,12-13H2,1-2H3,(H,30,34);1H/t18-,22+;/m0./s1. The number of anilines is 1. The monoisotopic (exact) mass is 537 g/mol. The van der Waals surface area contributed by atoms with Gasteiger partial charge in [0.1, 0.15) is 5.82 Å². The number of amides is 1. The van der Waals surface area contributed by atoms with E-state index < -0.39 is 18.3 Å². The van der Waals surface area contributed by atoms with Crippen LogP contribution in [0.5, 0.6) is 11.5 Å². The summed E-state index contributed by atoms with van der Waals surface area (Å²) in [4.78, 5) is 12.4. The Morgan fingerprint density at radius 3 is 2.35 bits per heavy atom. The minimum absolute atomic E-state index is 0. The van der Waals surface area contributed by atoms with Crippen molar-refractivity contribution >= 4 is 24.1 Å². The first-order chi connectivity index (χ1) is 17.3. The number of halogens is 4. The zero-order valence-electron chi connectivity index (χ0n) is 20.1. The first-order valence-electron chi connectivity index (χ1n) is 11.5. The van der Waals surface area contributed by atoms with E-state index in [1.165, 1.54) is 14.2 Å². The van der Waals surface area contributed by atoms with E-state index in [1.54, 1.807) is 48.5 Å². The van der Waals surface area contributed by atoms with Gasteiger partial charge in [0.25, 0.3) is 5.91 Å². The molecule has 1 fully saturated rings. The van der Waals surface area contributed by atoms with Crippen LogP contribution in [0.4, 0.5) is 19.0 Å². The number of fused-ring (bicyclic) bond motifs is 1. The summed E-state index contributed by atoms with van der Waals surface area (Å²) in [5, 5.41) is 13.5. The first-order valence-corrected chi connectivity index (χ1v) is 11.5. The van der Waals surface area contributed by atoms with E-state index in [4.69, 9.17) is 9.47 Å². The van der Waals surface area contributed by atoms with E-state index in [2.05, 4.69) is 21.0 Å². The van der Waals surface area contributed by atoms with Crippen molar-refractivity contribution in [2.45, 2.75) is 30.7 Å². The van der Waals surface area contributed by atoms with Gasteiger partial charge in [0.2, 0.25) is 0 Å². The summed E-state index contributed by atoms with van der Waals surface area (Å²) in [7, 11) is 2.98. The van der Waals surface area contributed by atoms with Gasteiger partial charge >= 0.3 is 6.18 Å². The minimum atomic E-state index is -4.49. The average Bonchev–Trinajstić information content (AvgIpc) is 3.28. The van der Waals surface area contributed by atoms with Crippen molar-refractivity contribution in [3.63, 3.8) is 0 Å². The molecule has 0 aliphatic carbocycles. The maximum atomic E-state index is 14.1. The molecule has 0 saturated carbocycles. The van der Waals surface area contributed by atoms with Crippen molar-refractivity contribution < 1.29 is 27.4 Å². The number of hydrogen-bond donors (Lipinski definition) is 3. The molecule has 0 spiro atoms. The number of carbonyl (C=O) groups is 1. The molecule has 37 heavy (non-hydrogen) atoms. The highest BCUT2D eigenvalue weighted by Crippen LogP contribution is 2.45. The van der Waals surface area contributed by atoms with Gasteiger partial charge in [-0.1, -0.05) is 18.2 Å². The van der Waals surface area contributed by atoms with Crippen LogP contribution in [-0.2, 0) is 0 Å². The molecule has 198 valence electrons. The zero-order chi connectivity index (χ0) is 25.4. The highest BCUT2D eigenvalue weighted by atomic mass is 35.5. The molecule has 3 N–H and O–H groups in total. The van der Waals surface area contributed by atoms with Gasteiger partial charge in [0.15, 0.2) is 17.5 Å². The predicted octanol–water partition coefficient (Wildman–Crippen LogP) is 4.35. The summed E-state index contributed by atoms with van der Waals surface area (Å²) >= 11 is 0. The molecule has 2 atom stereocenters. The van der Waals surface area contributed by atoms with Gasteiger partial charge < -0.3 is 25.4 Å². The van der Waals surface area contributed by atoms with E-state index in [9.17, 15) is 18.0 Å². The second-order valence-electron chi connectivity index (χ2n) is 8.87. The van der Waals surface area contributed by atoms with Gasteiger partial charge in [-0.15, -0.1) is 12.4 Å². The summed E-state index contributed by atoms with van der Waals surface area (Å²) in [5.41, 5.74) is 2.13. The maximum absolute atomic E-state index is 14.1. The summed E-state index contributed by atoms with van der Waals surface area (Å²) in [6.07, 6.45) is -4.73. The fourth-order valence-electron chi connectivity index (χ4n) is 4.45. The molecule has 0 bridgehead atoms. The van der Waals surface area contributed by atoms with E-state index in [1.807, 2.05) is 0 Å². The molecular weight excluding hydrogens is 511 g/mol. The van der Waals surface area contributed by atoms with Crippen molar-refractivity contribution in [2.75, 3.05) is 32.6 Å². The van der Waals surface area contributed by atoms with Crippen molar-refractivity contribution in [3.05, 3.63) is 59.7 Å². The van der Waals surface area contributed by atoms with Crippen molar-refractivity contribution in [2.24, 2.45) is 0 Å². The van der Waals surface area contributed by atoms with Crippen LogP contribution in [0.3, 0.4) is 0 Å².